The summed E-state index contributed by atoms with van der Waals surface area (Å²) < 4.78 is 27.0. The standard InChI is InChI=1S/C40H57N7O10S/c1-37(2,3)54-33(49)43-31(44-34(50)55-38(4,5)6)41-21-24-53-27-15-13-26(14-16-27)42-30(48)29-18-17-28(58-29)25-19-22-47(23-20-25)32(45-35(51)56-39(7,8)9)46-36(52)57-40(10,11)12/h13-19H,20-24H2,1-12H3,(H,42,48)(H,45,46,51,52)(H2,41,43,44,49,50). The van der Waals surface area contributed by atoms with Gasteiger partial charge in [0.15, 0.2) is 0 Å². The van der Waals surface area contributed by atoms with Gasteiger partial charge in [0, 0.05) is 23.7 Å². The molecule has 2 heterocycles. The van der Waals surface area contributed by atoms with Crippen molar-refractivity contribution in [1.82, 2.24) is 20.9 Å². The number of carbonyl (C=O) groups excluding carboxylic acids is 5. The molecule has 1 aliphatic heterocycles. The van der Waals surface area contributed by atoms with Crippen LogP contribution in [0.15, 0.2) is 52.5 Å². The van der Waals surface area contributed by atoms with E-state index < -0.39 is 46.8 Å². The van der Waals surface area contributed by atoms with Gasteiger partial charge in [-0.2, -0.15) is 0 Å². The molecule has 0 unspecified atom stereocenters. The quantitative estimate of drug-likeness (QED) is 0.0917. The lowest BCUT2D eigenvalue weighted by molar-refractivity contribution is 0.0539. The minimum Gasteiger partial charge on any atom is -0.492 e. The molecule has 5 amide bonds. The summed E-state index contributed by atoms with van der Waals surface area (Å²) in [5.41, 5.74) is -1.51. The molecule has 1 aliphatic rings. The van der Waals surface area contributed by atoms with Crippen molar-refractivity contribution in [2.24, 2.45) is 9.98 Å². The number of hydrogen-bond donors (Lipinski definition) is 4. The number of guanidine groups is 2. The molecule has 4 N–H and O–H groups in total. The highest BCUT2D eigenvalue weighted by Crippen LogP contribution is 2.30. The van der Waals surface area contributed by atoms with Gasteiger partial charge in [0.2, 0.25) is 11.9 Å². The van der Waals surface area contributed by atoms with Crippen molar-refractivity contribution in [1.29, 1.82) is 0 Å². The molecule has 2 aromatic rings. The lowest BCUT2D eigenvalue weighted by Crippen LogP contribution is -2.47. The number of aliphatic imine (C=N–C) groups is 2. The first-order valence-corrected chi connectivity index (χ1v) is 19.5. The van der Waals surface area contributed by atoms with Crippen LogP contribution in [0.4, 0.5) is 24.9 Å². The Balaban J connectivity index is 1.57. The van der Waals surface area contributed by atoms with Gasteiger partial charge in [-0.15, -0.1) is 21.3 Å². The van der Waals surface area contributed by atoms with Gasteiger partial charge in [-0.25, -0.2) is 19.2 Å². The lowest BCUT2D eigenvalue weighted by atomic mass is 10.1. The predicted molar refractivity (Wildman–Crippen MR) is 222 cm³/mol. The van der Waals surface area contributed by atoms with Crippen LogP contribution in [0.2, 0.25) is 0 Å². The summed E-state index contributed by atoms with van der Waals surface area (Å²) in [6, 6.07) is 10.4. The van der Waals surface area contributed by atoms with Gasteiger partial charge in [-0.05, 0) is 131 Å². The van der Waals surface area contributed by atoms with Crippen molar-refractivity contribution >= 4 is 64.8 Å². The van der Waals surface area contributed by atoms with E-state index in [0.717, 1.165) is 10.5 Å². The van der Waals surface area contributed by atoms with E-state index in [4.69, 9.17) is 23.7 Å². The molecule has 58 heavy (non-hydrogen) atoms. The number of hydrogen-bond acceptors (Lipinski definition) is 11. The smallest absolute Gasteiger partial charge is 0.437 e. The number of thiophene rings is 1. The van der Waals surface area contributed by atoms with Crippen LogP contribution in [0.3, 0.4) is 0 Å². The number of carbonyl (C=O) groups is 5. The van der Waals surface area contributed by atoms with Crippen molar-refractivity contribution in [3.63, 3.8) is 0 Å². The van der Waals surface area contributed by atoms with Crippen molar-refractivity contribution in [2.45, 2.75) is 112 Å². The number of alkyl carbamates (subject to hydrolysis) is 2. The Hall–Kier alpha value is -5.65. The third-order valence-electron chi connectivity index (χ3n) is 6.85. The van der Waals surface area contributed by atoms with Crippen LogP contribution in [-0.2, 0) is 18.9 Å². The number of nitrogens with zero attached hydrogens (tertiary/aromatic N) is 3. The van der Waals surface area contributed by atoms with Gasteiger partial charge < -0.3 is 39.2 Å². The summed E-state index contributed by atoms with van der Waals surface area (Å²) >= 11 is 1.34. The van der Waals surface area contributed by atoms with Crippen LogP contribution in [-0.4, -0.2) is 95.7 Å². The summed E-state index contributed by atoms with van der Waals surface area (Å²) in [6.07, 6.45) is -0.772. The highest BCUT2D eigenvalue weighted by Gasteiger charge is 2.26. The fourth-order valence-electron chi connectivity index (χ4n) is 4.72. The van der Waals surface area contributed by atoms with Crippen molar-refractivity contribution in [3.05, 3.63) is 52.2 Å². The molecule has 0 saturated heterocycles. The Morgan fingerprint density at radius 1 is 0.707 bits per heavy atom. The number of nitrogens with one attached hydrogen (secondary N) is 4. The maximum absolute atomic E-state index is 13.2. The molecule has 0 fully saturated rings. The Labute approximate surface area is 344 Å². The minimum absolute atomic E-state index is 0.0182. The van der Waals surface area contributed by atoms with Crippen LogP contribution < -0.4 is 26.0 Å². The van der Waals surface area contributed by atoms with Crippen LogP contribution in [0.1, 0.15) is 104 Å². The zero-order valence-corrected chi connectivity index (χ0v) is 36.2. The highest BCUT2D eigenvalue weighted by molar-refractivity contribution is 7.15. The molecule has 1 aromatic carbocycles. The SMILES string of the molecule is CC(C)(C)OC(=O)/N=C(\NCCOc1ccc(NC(=O)c2ccc(C3=CCN(/C(=N/C(=O)OC(C)(C)C)NC(=O)OC(C)(C)C)CC3)s2)cc1)NC(=O)OC(C)(C)C. The summed E-state index contributed by atoms with van der Waals surface area (Å²) in [6.45, 7) is 21.7. The first-order valence-electron chi connectivity index (χ1n) is 18.7. The molecule has 0 aliphatic carbocycles. The topological polar surface area (TPSA) is 208 Å². The van der Waals surface area contributed by atoms with Crippen molar-refractivity contribution in [3.8, 4) is 5.75 Å². The van der Waals surface area contributed by atoms with E-state index in [9.17, 15) is 24.0 Å². The summed E-state index contributed by atoms with van der Waals surface area (Å²) in [4.78, 5) is 73.9. The van der Waals surface area contributed by atoms with Crippen LogP contribution in [0.5, 0.6) is 5.75 Å². The Kier molecular flexibility index (Phi) is 15.8. The first kappa shape index (κ1) is 46.7. The van der Waals surface area contributed by atoms with Crippen molar-refractivity contribution in [2.75, 3.05) is 31.6 Å². The van der Waals surface area contributed by atoms with E-state index in [2.05, 4.69) is 31.3 Å². The van der Waals surface area contributed by atoms with Gasteiger partial charge in [-0.3, -0.25) is 15.4 Å². The van der Waals surface area contributed by atoms with Crippen LogP contribution in [0, 0.1) is 0 Å². The average Bonchev–Trinajstić information content (AvgIpc) is 3.54. The molecular formula is C40H57N7O10S. The molecule has 318 valence electrons. The number of ether oxygens (including phenoxy) is 5. The second kappa shape index (κ2) is 19.7. The second-order valence-corrected chi connectivity index (χ2v) is 18.0. The van der Waals surface area contributed by atoms with Gasteiger partial charge in [0.1, 0.15) is 34.8 Å². The average molecular weight is 828 g/mol. The Morgan fingerprint density at radius 3 is 1.79 bits per heavy atom. The number of amides is 5. The molecule has 1 aromatic heterocycles. The maximum Gasteiger partial charge on any atom is 0.437 e. The Bertz CT molecular complexity index is 1880. The van der Waals surface area contributed by atoms with Crippen LogP contribution >= 0.6 is 11.3 Å². The monoisotopic (exact) mass is 827 g/mol. The molecule has 0 atom stereocenters. The minimum atomic E-state index is -0.894. The van der Waals surface area contributed by atoms with E-state index in [1.165, 1.54) is 11.3 Å². The van der Waals surface area contributed by atoms with Gasteiger partial charge >= 0.3 is 24.4 Å². The predicted octanol–water partition coefficient (Wildman–Crippen LogP) is 7.69. The van der Waals surface area contributed by atoms with Gasteiger partial charge in [0.05, 0.1) is 11.4 Å². The van der Waals surface area contributed by atoms with E-state index in [-0.39, 0.29) is 31.0 Å². The molecule has 18 heteroatoms. The number of anilines is 1. The van der Waals surface area contributed by atoms with Crippen molar-refractivity contribution < 1.29 is 47.7 Å². The molecule has 0 radical (unpaired) electrons. The maximum atomic E-state index is 13.2. The zero-order chi connectivity index (χ0) is 43.5. The highest BCUT2D eigenvalue weighted by atomic mass is 32.1. The zero-order valence-electron chi connectivity index (χ0n) is 35.4. The number of rotatable bonds is 7. The van der Waals surface area contributed by atoms with E-state index in [0.29, 0.717) is 35.8 Å². The van der Waals surface area contributed by atoms with E-state index >= 15 is 0 Å². The first-order chi connectivity index (χ1) is 26.7. The molecular weight excluding hydrogens is 771 g/mol. The third kappa shape index (κ3) is 18.1. The summed E-state index contributed by atoms with van der Waals surface area (Å²) in [5.74, 6) is 0.0948. The molecule has 3 rings (SSSR count). The summed E-state index contributed by atoms with van der Waals surface area (Å²) in [5, 5.41) is 10.7. The van der Waals surface area contributed by atoms with Crippen LogP contribution in [0.25, 0.3) is 5.57 Å². The van der Waals surface area contributed by atoms with Gasteiger partial charge in [-0.1, -0.05) is 6.08 Å². The van der Waals surface area contributed by atoms with Gasteiger partial charge in [0.25, 0.3) is 5.91 Å². The third-order valence-corrected chi connectivity index (χ3v) is 8.01. The molecule has 0 bridgehead atoms. The fourth-order valence-corrected chi connectivity index (χ4v) is 5.68. The largest absolute Gasteiger partial charge is 0.492 e. The van der Waals surface area contributed by atoms with E-state index in [1.54, 1.807) is 118 Å². The normalized spacial score (nSPS) is 14.1. The lowest BCUT2D eigenvalue weighted by Gasteiger charge is -2.30. The Morgan fingerprint density at radius 2 is 1.26 bits per heavy atom. The number of benzene rings is 1. The second-order valence-electron chi connectivity index (χ2n) is 17.0. The fraction of sp³-hybridized carbons (Fsp3) is 0.525. The van der Waals surface area contributed by atoms with E-state index in [1.807, 2.05) is 12.1 Å². The summed E-state index contributed by atoms with van der Waals surface area (Å²) in [7, 11) is 0. The molecule has 0 spiro atoms. The molecule has 17 nitrogen and oxygen atoms in total. The molecule has 0 saturated carbocycles.